The van der Waals surface area contributed by atoms with Gasteiger partial charge in [-0.05, 0) is 55.2 Å². The molecule has 0 saturated carbocycles. The number of benzene rings is 2. The van der Waals surface area contributed by atoms with E-state index >= 15 is 0 Å². The number of piperazine rings is 1. The second-order valence-corrected chi connectivity index (χ2v) is 7.60. The number of phenols is 1. The summed E-state index contributed by atoms with van der Waals surface area (Å²) in [5.41, 5.74) is 3.23. The van der Waals surface area contributed by atoms with Crippen molar-refractivity contribution in [2.45, 2.75) is 39.2 Å². The number of amides is 1. The molecular formula is C23H31N3O2. The van der Waals surface area contributed by atoms with Crippen LogP contribution in [0.15, 0.2) is 48.5 Å². The number of para-hydroxylation sites is 1. The molecular weight excluding hydrogens is 350 g/mol. The van der Waals surface area contributed by atoms with Crippen molar-refractivity contribution >= 4 is 17.3 Å². The number of nitrogens with zero attached hydrogens (tertiary/aromatic N) is 2. The highest BCUT2D eigenvalue weighted by atomic mass is 16.3. The van der Waals surface area contributed by atoms with E-state index < -0.39 is 0 Å². The normalized spacial score (nSPS) is 17.2. The number of hydrogen-bond acceptors (Lipinski definition) is 4. The lowest BCUT2D eigenvalue weighted by atomic mass is 9.97. The van der Waals surface area contributed by atoms with Gasteiger partial charge < -0.3 is 15.3 Å². The molecule has 0 radical (unpaired) electrons. The fourth-order valence-corrected chi connectivity index (χ4v) is 3.69. The minimum atomic E-state index is -0.174. The lowest BCUT2D eigenvalue weighted by Gasteiger charge is -2.38. The summed E-state index contributed by atoms with van der Waals surface area (Å²) in [6, 6.07) is 15.2. The number of phenolic OH excluding ortho intramolecular Hbond substituents is 1. The molecule has 2 N–H and O–H groups in total. The maximum Gasteiger partial charge on any atom is 0.241 e. The monoisotopic (exact) mass is 381 g/mol. The summed E-state index contributed by atoms with van der Waals surface area (Å²) >= 11 is 0. The minimum Gasteiger partial charge on any atom is -0.508 e. The van der Waals surface area contributed by atoms with Gasteiger partial charge in [0.15, 0.2) is 0 Å². The van der Waals surface area contributed by atoms with Gasteiger partial charge in [-0.3, -0.25) is 9.69 Å². The first-order valence-electron chi connectivity index (χ1n) is 10.2. The number of nitrogens with one attached hydrogen (secondary N) is 1. The second kappa shape index (κ2) is 9.11. The summed E-state index contributed by atoms with van der Waals surface area (Å²) in [4.78, 5) is 17.4. The number of anilines is 2. The van der Waals surface area contributed by atoms with Crippen LogP contribution in [0.25, 0.3) is 0 Å². The smallest absolute Gasteiger partial charge is 0.241 e. The number of carbonyl (C=O) groups excluding carboxylic acids is 1. The number of carbonyl (C=O) groups is 1. The van der Waals surface area contributed by atoms with Gasteiger partial charge in [-0.2, -0.15) is 0 Å². The Labute approximate surface area is 168 Å². The average Bonchev–Trinajstić information content (AvgIpc) is 2.73. The number of hydrogen-bond donors (Lipinski definition) is 2. The first-order valence-corrected chi connectivity index (χ1v) is 10.2. The third-order valence-corrected chi connectivity index (χ3v) is 5.82. The van der Waals surface area contributed by atoms with Crippen LogP contribution in [0.3, 0.4) is 0 Å². The van der Waals surface area contributed by atoms with Crippen LogP contribution in [0.1, 0.15) is 38.7 Å². The molecule has 5 nitrogen and oxygen atoms in total. The Bertz CT molecular complexity index is 783. The molecule has 150 valence electrons. The molecule has 2 unspecified atom stereocenters. The Morgan fingerprint density at radius 3 is 2.32 bits per heavy atom. The van der Waals surface area contributed by atoms with Gasteiger partial charge >= 0.3 is 0 Å². The van der Waals surface area contributed by atoms with Crippen LogP contribution in [-0.2, 0) is 4.79 Å². The SMILES string of the molecule is CCC(C)c1ccccc1NC(=O)C(C)N1CCN(c2ccc(O)cc2)CC1. The van der Waals surface area contributed by atoms with Crippen LogP contribution in [0.5, 0.6) is 5.75 Å². The summed E-state index contributed by atoms with van der Waals surface area (Å²) in [5.74, 6) is 0.750. The van der Waals surface area contributed by atoms with Crippen molar-refractivity contribution in [3.8, 4) is 5.75 Å². The van der Waals surface area contributed by atoms with Gasteiger partial charge in [0.2, 0.25) is 5.91 Å². The summed E-state index contributed by atoms with van der Waals surface area (Å²) in [5, 5.41) is 12.6. The highest BCUT2D eigenvalue weighted by Crippen LogP contribution is 2.27. The highest BCUT2D eigenvalue weighted by Gasteiger charge is 2.26. The minimum absolute atomic E-state index is 0.0498. The summed E-state index contributed by atoms with van der Waals surface area (Å²) in [7, 11) is 0. The topological polar surface area (TPSA) is 55.8 Å². The fraction of sp³-hybridized carbons (Fsp3) is 0.435. The van der Waals surface area contributed by atoms with Gasteiger partial charge in [0, 0.05) is 37.6 Å². The van der Waals surface area contributed by atoms with E-state index in [0.29, 0.717) is 5.92 Å². The quantitative estimate of drug-likeness (QED) is 0.792. The van der Waals surface area contributed by atoms with Crippen molar-refractivity contribution in [2.75, 3.05) is 36.4 Å². The van der Waals surface area contributed by atoms with Crippen molar-refractivity contribution in [1.82, 2.24) is 4.90 Å². The van der Waals surface area contributed by atoms with Crippen LogP contribution >= 0.6 is 0 Å². The molecule has 28 heavy (non-hydrogen) atoms. The zero-order valence-electron chi connectivity index (χ0n) is 17.1. The first-order chi connectivity index (χ1) is 13.5. The van der Waals surface area contributed by atoms with E-state index in [9.17, 15) is 9.90 Å². The Morgan fingerprint density at radius 1 is 1.04 bits per heavy atom. The van der Waals surface area contributed by atoms with Crippen LogP contribution in [-0.4, -0.2) is 48.1 Å². The van der Waals surface area contributed by atoms with Crippen molar-refractivity contribution in [3.05, 3.63) is 54.1 Å². The maximum atomic E-state index is 12.9. The van der Waals surface area contributed by atoms with Crippen LogP contribution in [0.2, 0.25) is 0 Å². The lowest BCUT2D eigenvalue weighted by molar-refractivity contribution is -0.120. The maximum absolute atomic E-state index is 12.9. The van der Waals surface area contributed by atoms with Gasteiger partial charge in [0.05, 0.1) is 6.04 Å². The Kier molecular flexibility index (Phi) is 6.57. The van der Waals surface area contributed by atoms with Gasteiger partial charge in [-0.15, -0.1) is 0 Å². The third-order valence-electron chi connectivity index (χ3n) is 5.82. The molecule has 0 aliphatic carbocycles. The molecule has 1 saturated heterocycles. The van der Waals surface area contributed by atoms with E-state index in [2.05, 4.69) is 35.0 Å². The summed E-state index contributed by atoms with van der Waals surface area (Å²) in [6.45, 7) is 9.75. The molecule has 1 fully saturated rings. The van der Waals surface area contributed by atoms with Crippen LogP contribution < -0.4 is 10.2 Å². The summed E-state index contributed by atoms with van der Waals surface area (Å²) < 4.78 is 0. The Balaban J connectivity index is 1.58. The molecule has 0 spiro atoms. The third kappa shape index (κ3) is 4.65. The number of rotatable bonds is 6. The van der Waals surface area contributed by atoms with Crippen molar-refractivity contribution in [1.29, 1.82) is 0 Å². The first kappa shape index (κ1) is 20.2. The molecule has 0 bridgehead atoms. The molecule has 5 heteroatoms. The largest absolute Gasteiger partial charge is 0.508 e. The van der Waals surface area contributed by atoms with Crippen LogP contribution in [0, 0.1) is 0 Å². The number of aromatic hydroxyl groups is 1. The molecule has 1 aliphatic heterocycles. The van der Waals surface area contributed by atoms with Crippen molar-refractivity contribution in [2.24, 2.45) is 0 Å². The average molecular weight is 382 g/mol. The molecule has 2 aromatic rings. The van der Waals surface area contributed by atoms with E-state index in [1.807, 2.05) is 37.3 Å². The molecule has 2 atom stereocenters. The fourth-order valence-electron chi connectivity index (χ4n) is 3.69. The van der Waals surface area contributed by atoms with Crippen molar-refractivity contribution < 1.29 is 9.90 Å². The van der Waals surface area contributed by atoms with Crippen LogP contribution in [0.4, 0.5) is 11.4 Å². The second-order valence-electron chi connectivity index (χ2n) is 7.60. The summed E-state index contributed by atoms with van der Waals surface area (Å²) in [6.07, 6.45) is 1.04. The predicted molar refractivity (Wildman–Crippen MR) is 115 cm³/mol. The van der Waals surface area contributed by atoms with Gasteiger partial charge in [0.1, 0.15) is 5.75 Å². The van der Waals surface area contributed by atoms with Gasteiger partial charge in [-0.1, -0.05) is 32.0 Å². The molecule has 3 rings (SSSR count). The van der Waals surface area contributed by atoms with E-state index in [4.69, 9.17) is 0 Å². The van der Waals surface area contributed by atoms with E-state index in [1.54, 1.807) is 12.1 Å². The molecule has 2 aromatic carbocycles. The van der Waals surface area contributed by atoms with Gasteiger partial charge in [-0.25, -0.2) is 0 Å². The van der Waals surface area contributed by atoms with Crippen molar-refractivity contribution in [3.63, 3.8) is 0 Å². The predicted octanol–water partition coefficient (Wildman–Crippen LogP) is 4.05. The lowest BCUT2D eigenvalue weighted by Crippen LogP contribution is -2.52. The van der Waals surface area contributed by atoms with E-state index in [1.165, 1.54) is 5.56 Å². The molecule has 1 aliphatic rings. The molecule has 0 aromatic heterocycles. The zero-order valence-corrected chi connectivity index (χ0v) is 17.1. The molecule has 1 heterocycles. The van der Waals surface area contributed by atoms with Gasteiger partial charge in [0.25, 0.3) is 0 Å². The standard InChI is InChI=1S/C23H31N3O2/c1-4-17(2)21-7-5-6-8-22(21)24-23(28)18(3)25-13-15-26(16-14-25)19-9-11-20(27)12-10-19/h5-12,17-18,27H,4,13-16H2,1-3H3,(H,24,28). The highest BCUT2D eigenvalue weighted by molar-refractivity contribution is 5.95. The Morgan fingerprint density at radius 2 is 1.68 bits per heavy atom. The van der Waals surface area contributed by atoms with E-state index in [-0.39, 0.29) is 17.7 Å². The van der Waals surface area contributed by atoms with E-state index in [0.717, 1.165) is 44.0 Å². The zero-order chi connectivity index (χ0) is 20.1. The molecule has 1 amide bonds. The Hall–Kier alpha value is -2.53.